The molecule has 9 heteroatoms. The molecule has 5 heterocycles. The van der Waals surface area contributed by atoms with E-state index in [1.165, 1.54) is 51.9 Å². The molecule has 5 aromatic heterocycles. The molecule has 0 aromatic carbocycles. The first-order chi connectivity index (χ1) is 20.1. The number of hydrogen-bond donors (Lipinski definition) is 0. The molecule has 0 aliphatic heterocycles. The highest BCUT2D eigenvalue weighted by Gasteiger charge is 2.21. The van der Waals surface area contributed by atoms with Gasteiger partial charge in [0, 0.05) is 38.0 Å². The zero-order valence-electron chi connectivity index (χ0n) is 22.8. The van der Waals surface area contributed by atoms with Crippen molar-refractivity contribution in [3.05, 3.63) is 77.4 Å². The quantitative estimate of drug-likeness (QED) is 0.102. The highest BCUT2D eigenvalue weighted by molar-refractivity contribution is 7.24. The molecule has 41 heavy (non-hydrogen) atoms. The van der Waals surface area contributed by atoms with Gasteiger partial charge in [0.1, 0.15) is 5.69 Å². The molecule has 208 valence electrons. The van der Waals surface area contributed by atoms with Crippen LogP contribution in [0.2, 0.25) is 0 Å². The van der Waals surface area contributed by atoms with Gasteiger partial charge >= 0.3 is 0 Å². The Bertz CT molecular complexity index is 1650. The van der Waals surface area contributed by atoms with Crippen LogP contribution in [0, 0.1) is 6.92 Å². The van der Waals surface area contributed by atoms with Gasteiger partial charge in [-0.05, 0) is 73.4 Å². The number of rotatable bonds is 13. The molecule has 0 N–H and O–H groups in total. The molecule has 0 saturated heterocycles. The lowest BCUT2D eigenvalue weighted by Gasteiger charge is -2.13. The maximum absolute atomic E-state index is 11.4. The van der Waals surface area contributed by atoms with Crippen molar-refractivity contribution in [2.24, 2.45) is 0 Å². The van der Waals surface area contributed by atoms with E-state index < -0.39 is 0 Å². The third kappa shape index (κ3) is 6.58. The van der Waals surface area contributed by atoms with Crippen molar-refractivity contribution in [2.75, 3.05) is 0 Å². The van der Waals surface area contributed by atoms with Gasteiger partial charge in [-0.25, -0.2) is 4.98 Å². The van der Waals surface area contributed by atoms with Crippen molar-refractivity contribution in [2.45, 2.75) is 46.0 Å². The molecule has 5 aromatic rings. The highest BCUT2D eigenvalue weighted by atomic mass is 32.1. The average molecular weight is 584 g/mol. The zero-order chi connectivity index (χ0) is 28.6. The van der Waals surface area contributed by atoms with Crippen LogP contribution in [0.25, 0.3) is 43.0 Å². The zero-order valence-corrected chi connectivity index (χ0v) is 24.5. The topological polar surface area (TPSA) is 91.3 Å². The first-order valence-electron chi connectivity index (χ1n) is 13.4. The second-order valence-electron chi connectivity index (χ2n) is 9.44. The average Bonchev–Trinajstić information content (AvgIpc) is 3.63. The summed E-state index contributed by atoms with van der Waals surface area (Å²) >= 11 is 3.58. The van der Waals surface area contributed by atoms with Gasteiger partial charge in [0.25, 0.3) is 12.9 Å². The summed E-state index contributed by atoms with van der Waals surface area (Å²) in [6.45, 7) is 4.96. The third-order valence-electron chi connectivity index (χ3n) is 6.56. The number of thiophene rings is 2. The Kier molecular flexibility index (Phi) is 9.28. The summed E-state index contributed by atoms with van der Waals surface area (Å²) < 4.78 is 10.4. The summed E-state index contributed by atoms with van der Waals surface area (Å²) in [5.41, 5.74) is 4.11. The molecular formula is C32H29N3O4S2. The molecule has 7 nitrogen and oxygen atoms in total. The molecule has 0 radical (unpaired) electrons. The lowest BCUT2D eigenvalue weighted by atomic mass is 10.1. The van der Waals surface area contributed by atoms with E-state index in [1.807, 2.05) is 29.5 Å². The van der Waals surface area contributed by atoms with Gasteiger partial charge in [0.15, 0.2) is 5.75 Å². The van der Waals surface area contributed by atoms with Gasteiger partial charge in [-0.1, -0.05) is 32.3 Å². The smallest absolute Gasteiger partial charge is 0.298 e. The molecule has 0 fully saturated rings. The molecule has 5 rings (SSSR count). The monoisotopic (exact) mass is 583 g/mol. The third-order valence-corrected chi connectivity index (χ3v) is 8.96. The van der Waals surface area contributed by atoms with Crippen LogP contribution in [0.5, 0.6) is 11.5 Å². The molecule has 0 spiro atoms. The van der Waals surface area contributed by atoms with Crippen molar-refractivity contribution in [3.63, 3.8) is 0 Å². The minimum Gasteiger partial charge on any atom is -0.425 e. The predicted molar refractivity (Wildman–Crippen MR) is 163 cm³/mol. The van der Waals surface area contributed by atoms with Crippen LogP contribution >= 0.6 is 22.7 Å². The summed E-state index contributed by atoms with van der Waals surface area (Å²) in [7, 11) is 0. The van der Waals surface area contributed by atoms with E-state index in [0.717, 1.165) is 16.9 Å². The van der Waals surface area contributed by atoms with Crippen molar-refractivity contribution >= 4 is 35.6 Å². The number of aromatic nitrogens is 3. The van der Waals surface area contributed by atoms with Gasteiger partial charge in [0.2, 0.25) is 5.75 Å². The molecule has 0 aliphatic carbocycles. The van der Waals surface area contributed by atoms with Crippen LogP contribution in [0.15, 0.2) is 67.0 Å². The fourth-order valence-electron chi connectivity index (χ4n) is 4.66. The molecule has 0 bridgehead atoms. The fraction of sp³-hybridized carbons (Fsp3) is 0.219. The minimum absolute atomic E-state index is 0.00470. The molecule has 0 amide bonds. The Balaban J connectivity index is 1.52. The first kappa shape index (κ1) is 28.3. The van der Waals surface area contributed by atoms with E-state index in [1.54, 1.807) is 35.9 Å². The second kappa shape index (κ2) is 13.4. The lowest BCUT2D eigenvalue weighted by molar-refractivity contribution is -0.123. The van der Waals surface area contributed by atoms with E-state index >= 15 is 0 Å². The summed E-state index contributed by atoms with van der Waals surface area (Å²) in [5.74, 6) is 0.0490. The highest BCUT2D eigenvalue weighted by Crippen LogP contribution is 2.43. The number of ether oxygens (including phenoxy) is 2. The van der Waals surface area contributed by atoms with Crippen LogP contribution in [0.3, 0.4) is 0 Å². The van der Waals surface area contributed by atoms with Crippen LogP contribution in [0.4, 0.5) is 0 Å². The largest absolute Gasteiger partial charge is 0.425 e. The van der Waals surface area contributed by atoms with E-state index in [9.17, 15) is 9.59 Å². The van der Waals surface area contributed by atoms with E-state index in [-0.39, 0.29) is 30.1 Å². The Morgan fingerprint density at radius 1 is 0.805 bits per heavy atom. The van der Waals surface area contributed by atoms with Crippen LogP contribution < -0.4 is 9.47 Å². The molecule has 0 unspecified atom stereocenters. The Morgan fingerprint density at radius 2 is 1.63 bits per heavy atom. The standard InChI is InChI=1S/C32H29N3O4S2/c1-3-4-5-6-9-23-16-21(2)40-32(23)29-12-11-28(41-29)22-13-15-34-26(17-22)30-31(39-20-37)27(38-19-36)18-25(35-30)24-10-7-8-14-33-24/h7-8,10-20H,3-6,9H2,1-2H3. The van der Waals surface area contributed by atoms with E-state index in [0.29, 0.717) is 17.1 Å². The number of aryl methyl sites for hydroxylation is 2. The predicted octanol–water partition coefficient (Wildman–Crippen LogP) is 8.16. The number of carbonyl (C=O) groups is 2. The number of pyridine rings is 3. The van der Waals surface area contributed by atoms with Gasteiger partial charge in [-0.15, -0.1) is 22.7 Å². The normalized spacial score (nSPS) is 10.9. The van der Waals surface area contributed by atoms with Gasteiger partial charge in [-0.3, -0.25) is 19.6 Å². The Labute approximate surface area is 246 Å². The van der Waals surface area contributed by atoms with Gasteiger partial charge in [0.05, 0.1) is 17.1 Å². The number of unbranched alkanes of at least 4 members (excludes halogenated alkanes) is 3. The number of nitrogens with zero attached hydrogens (tertiary/aromatic N) is 3. The molecule has 0 aliphatic rings. The lowest BCUT2D eigenvalue weighted by Crippen LogP contribution is -2.02. The van der Waals surface area contributed by atoms with Crippen molar-refractivity contribution in [1.82, 2.24) is 15.0 Å². The van der Waals surface area contributed by atoms with Crippen molar-refractivity contribution in [1.29, 1.82) is 0 Å². The van der Waals surface area contributed by atoms with E-state index in [4.69, 9.17) is 14.5 Å². The van der Waals surface area contributed by atoms with E-state index in [2.05, 4.69) is 42.0 Å². The fourth-order valence-corrected chi connectivity index (χ4v) is 6.87. The van der Waals surface area contributed by atoms with Gasteiger partial charge in [-0.2, -0.15) is 0 Å². The molecule has 0 saturated carbocycles. The van der Waals surface area contributed by atoms with Crippen LogP contribution in [-0.4, -0.2) is 27.9 Å². The summed E-state index contributed by atoms with van der Waals surface area (Å²) in [4.78, 5) is 41.3. The maximum Gasteiger partial charge on any atom is 0.298 e. The SMILES string of the molecule is CCCCCCc1cc(C)sc1-c1ccc(-c2ccnc(-c3nc(-c4ccccn4)cc(OC=O)c3OC=O)c2)s1. The van der Waals surface area contributed by atoms with Crippen LogP contribution in [-0.2, 0) is 16.0 Å². The summed E-state index contributed by atoms with van der Waals surface area (Å²) in [6.07, 6.45) is 9.39. The molecular weight excluding hydrogens is 555 g/mol. The van der Waals surface area contributed by atoms with Crippen molar-refractivity contribution in [3.8, 4) is 54.5 Å². The second-order valence-corrected chi connectivity index (χ2v) is 11.8. The Morgan fingerprint density at radius 3 is 2.41 bits per heavy atom. The maximum atomic E-state index is 11.4. The summed E-state index contributed by atoms with van der Waals surface area (Å²) in [6, 6.07) is 17.4. The molecule has 0 atom stereocenters. The van der Waals surface area contributed by atoms with Gasteiger partial charge < -0.3 is 9.47 Å². The first-order valence-corrected chi connectivity index (χ1v) is 15.1. The Hall–Kier alpha value is -4.21. The summed E-state index contributed by atoms with van der Waals surface area (Å²) in [5, 5.41) is 0. The number of carbonyl (C=O) groups excluding carboxylic acids is 2. The van der Waals surface area contributed by atoms with Crippen LogP contribution in [0.1, 0.15) is 43.0 Å². The number of hydrogen-bond acceptors (Lipinski definition) is 9. The van der Waals surface area contributed by atoms with Crippen molar-refractivity contribution < 1.29 is 19.1 Å². The minimum atomic E-state index is 0.00470.